The average molecular weight is 381 g/mol. The lowest BCUT2D eigenvalue weighted by atomic mass is 9.98. The summed E-state index contributed by atoms with van der Waals surface area (Å²) in [6.07, 6.45) is 0. The Hall–Kier alpha value is -3.06. The van der Waals surface area contributed by atoms with E-state index in [1.165, 1.54) is 11.3 Å². The zero-order valence-electron chi connectivity index (χ0n) is 14.8. The number of primary amides is 1. The van der Waals surface area contributed by atoms with Gasteiger partial charge in [0.05, 0.1) is 6.54 Å². The maximum atomic E-state index is 11.3. The number of hydrogen-bond donors (Lipinski definition) is 2. The van der Waals surface area contributed by atoms with Crippen LogP contribution < -0.4 is 15.4 Å². The molecule has 1 aliphatic heterocycles. The van der Waals surface area contributed by atoms with E-state index in [0.29, 0.717) is 30.6 Å². The predicted octanol–water partition coefficient (Wildman–Crippen LogP) is 3.32. The van der Waals surface area contributed by atoms with Gasteiger partial charge in [0.2, 0.25) is 0 Å². The highest BCUT2D eigenvalue weighted by Gasteiger charge is 2.22. The molecule has 0 aliphatic carbocycles. The number of hydrogen-bond acceptors (Lipinski definition) is 6. The molecule has 3 N–H and O–H groups in total. The van der Waals surface area contributed by atoms with Crippen molar-refractivity contribution in [2.75, 3.05) is 18.1 Å². The highest BCUT2D eigenvalue weighted by molar-refractivity contribution is 7.13. The monoisotopic (exact) mass is 381 g/mol. The smallest absolute Gasteiger partial charge is 0.268 e. The Morgan fingerprint density at radius 2 is 2.15 bits per heavy atom. The van der Waals surface area contributed by atoms with Gasteiger partial charge in [-0.1, -0.05) is 24.3 Å². The maximum absolute atomic E-state index is 11.3. The Labute approximate surface area is 160 Å². The minimum absolute atomic E-state index is 0.129. The molecule has 1 aliphatic rings. The Kier molecular flexibility index (Phi) is 4.45. The van der Waals surface area contributed by atoms with Crippen LogP contribution in [0, 0.1) is 6.92 Å². The largest absolute Gasteiger partial charge is 0.504 e. The third kappa shape index (κ3) is 3.33. The number of thiazole rings is 1. The van der Waals surface area contributed by atoms with E-state index in [1.54, 1.807) is 11.4 Å². The number of aryl methyl sites for hydroxylation is 1. The second kappa shape index (κ2) is 6.92. The molecule has 0 radical (unpaired) electrons. The molecule has 0 fully saturated rings. The molecule has 1 aromatic heterocycles. The molecule has 27 heavy (non-hydrogen) atoms. The number of nitrogens with zero attached hydrogens (tertiary/aromatic N) is 2. The van der Waals surface area contributed by atoms with Crippen molar-refractivity contribution in [3.63, 3.8) is 0 Å². The van der Waals surface area contributed by atoms with Crippen LogP contribution in [0.4, 0.5) is 5.13 Å². The van der Waals surface area contributed by atoms with Gasteiger partial charge in [0.1, 0.15) is 12.3 Å². The molecule has 0 atom stereocenters. The summed E-state index contributed by atoms with van der Waals surface area (Å²) in [4.78, 5) is 17.7. The summed E-state index contributed by atoms with van der Waals surface area (Å²) in [6, 6.07) is 11.8. The number of nitrogens with two attached hydrogens (primary N) is 1. The van der Waals surface area contributed by atoms with Crippen molar-refractivity contribution >= 4 is 22.4 Å². The molecular weight excluding hydrogens is 362 g/mol. The van der Waals surface area contributed by atoms with Crippen molar-refractivity contribution in [2.24, 2.45) is 5.73 Å². The third-order valence-corrected chi connectivity index (χ3v) is 5.49. The molecule has 7 heteroatoms. The number of anilines is 1. The molecule has 0 spiro atoms. The van der Waals surface area contributed by atoms with Gasteiger partial charge < -0.3 is 20.5 Å². The minimum atomic E-state index is -0.538. The molecule has 3 aromatic rings. The summed E-state index contributed by atoms with van der Waals surface area (Å²) in [5.74, 6) is 0.0922. The summed E-state index contributed by atoms with van der Waals surface area (Å²) < 4.78 is 5.80. The van der Waals surface area contributed by atoms with Crippen molar-refractivity contribution in [1.29, 1.82) is 0 Å². The fraction of sp³-hybridized carbons (Fsp3) is 0.200. The van der Waals surface area contributed by atoms with Gasteiger partial charge in [-0.25, -0.2) is 4.98 Å². The molecule has 1 amide bonds. The Morgan fingerprint density at radius 3 is 2.89 bits per heavy atom. The average Bonchev–Trinajstić information content (AvgIpc) is 3.03. The second-order valence-electron chi connectivity index (χ2n) is 6.45. The van der Waals surface area contributed by atoms with E-state index in [4.69, 9.17) is 10.5 Å². The van der Waals surface area contributed by atoms with Gasteiger partial charge in [-0.05, 0) is 35.7 Å². The minimum Gasteiger partial charge on any atom is -0.504 e. The number of amides is 1. The zero-order chi connectivity index (χ0) is 19.0. The number of carbonyl (C=O) groups excluding carboxylic acids is 1. The molecule has 4 rings (SSSR count). The molecule has 138 valence electrons. The molecule has 2 aromatic carbocycles. The zero-order valence-corrected chi connectivity index (χ0v) is 15.6. The summed E-state index contributed by atoms with van der Waals surface area (Å²) in [5.41, 5.74) is 9.59. The van der Waals surface area contributed by atoms with E-state index in [1.807, 2.05) is 42.2 Å². The molecule has 0 bridgehead atoms. The van der Waals surface area contributed by atoms with Crippen molar-refractivity contribution in [3.05, 3.63) is 58.6 Å². The van der Waals surface area contributed by atoms with Crippen LogP contribution >= 0.6 is 11.3 Å². The van der Waals surface area contributed by atoms with E-state index >= 15 is 0 Å². The maximum Gasteiger partial charge on any atom is 0.268 e. The number of aromatic hydroxyl groups is 1. The van der Waals surface area contributed by atoms with Gasteiger partial charge in [-0.3, -0.25) is 4.79 Å². The van der Waals surface area contributed by atoms with E-state index in [2.05, 4.69) is 4.98 Å². The van der Waals surface area contributed by atoms with Gasteiger partial charge in [-0.2, -0.15) is 0 Å². The van der Waals surface area contributed by atoms with Gasteiger partial charge in [0.15, 0.2) is 16.6 Å². The quantitative estimate of drug-likeness (QED) is 0.726. The highest BCUT2D eigenvalue weighted by atomic mass is 32.1. The first-order valence-corrected chi connectivity index (χ1v) is 9.46. The second-order valence-corrected chi connectivity index (χ2v) is 7.28. The first-order chi connectivity index (χ1) is 13.0. The Morgan fingerprint density at radius 1 is 1.33 bits per heavy atom. The fourth-order valence-electron chi connectivity index (χ4n) is 3.24. The number of fused-ring (bicyclic) bond motifs is 1. The van der Waals surface area contributed by atoms with E-state index in [0.717, 1.165) is 22.3 Å². The molecule has 6 nitrogen and oxygen atoms in total. The van der Waals surface area contributed by atoms with Crippen LogP contribution in [0.3, 0.4) is 0 Å². The first-order valence-electron chi connectivity index (χ1n) is 8.58. The lowest BCUT2D eigenvalue weighted by Crippen LogP contribution is -2.25. The molecule has 0 unspecified atom stereocenters. The molecule has 0 saturated heterocycles. The van der Waals surface area contributed by atoms with Crippen LogP contribution in [0.15, 0.2) is 41.8 Å². The predicted molar refractivity (Wildman–Crippen MR) is 105 cm³/mol. The highest BCUT2D eigenvalue weighted by Crippen LogP contribution is 2.39. The van der Waals surface area contributed by atoms with E-state index in [-0.39, 0.29) is 11.4 Å². The lowest BCUT2D eigenvalue weighted by molar-refractivity contribution is 0.0996. The number of rotatable bonds is 3. The molecule has 0 saturated carbocycles. The Bertz CT molecular complexity index is 1020. The van der Waals surface area contributed by atoms with Gasteiger partial charge >= 0.3 is 0 Å². The Balaban J connectivity index is 1.72. The number of phenolic OH excluding ortho intramolecular Hbond substituents is 1. The number of phenols is 1. The van der Waals surface area contributed by atoms with Crippen molar-refractivity contribution in [3.8, 4) is 22.6 Å². The summed E-state index contributed by atoms with van der Waals surface area (Å²) in [5, 5.41) is 12.9. The SMILES string of the molecule is Cc1ccccc1-c1cc(O)c2c(c1)CN(c1nc(C(N)=O)cs1)CCO2. The summed E-state index contributed by atoms with van der Waals surface area (Å²) in [6.45, 7) is 3.57. The topological polar surface area (TPSA) is 88.7 Å². The van der Waals surface area contributed by atoms with Crippen LogP contribution in [-0.2, 0) is 6.54 Å². The van der Waals surface area contributed by atoms with Gasteiger partial charge in [0, 0.05) is 17.5 Å². The first kappa shape index (κ1) is 17.4. The van der Waals surface area contributed by atoms with E-state index in [9.17, 15) is 9.90 Å². The number of ether oxygens (including phenoxy) is 1. The number of benzene rings is 2. The number of aromatic nitrogens is 1. The van der Waals surface area contributed by atoms with Crippen molar-refractivity contribution < 1.29 is 14.6 Å². The number of carbonyl (C=O) groups is 1. The van der Waals surface area contributed by atoms with Crippen molar-refractivity contribution in [2.45, 2.75) is 13.5 Å². The van der Waals surface area contributed by atoms with Crippen LogP contribution in [0.1, 0.15) is 21.6 Å². The molecule has 2 heterocycles. The van der Waals surface area contributed by atoms with Gasteiger partial charge in [0.25, 0.3) is 5.91 Å². The van der Waals surface area contributed by atoms with Crippen molar-refractivity contribution in [1.82, 2.24) is 4.98 Å². The fourth-order valence-corrected chi connectivity index (χ4v) is 4.08. The third-order valence-electron chi connectivity index (χ3n) is 4.59. The normalized spacial score (nSPS) is 13.6. The summed E-state index contributed by atoms with van der Waals surface area (Å²) >= 11 is 1.37. The molecular formula is C20H19N3O3S. The van der Waals surface area contributed by atoms with Gasteiger partial charge in [-0.15, -0.1) is 11.3 Å². The van der Waals surface area contributed by atoms with Crippen LogP contribution in [-0.4, -0.2) is 29.1 Å². The van der Waals surface area contributed by atoms with Crippen LogP contribution in [0.25, 0.3) is 11.1 Å². The standard InChI is InChI=1S/C20H19N3O3S/c1-12-4-2-3-5-15(12)13-8-14-10-23(6-7-26-18(14)17(24)9-13)20-22-16(11-27-20)19(21)25/h2-5,8-9,11,24H,6-7,10H2,1H3,(H2,21,25). The van der Waals surface area contributed by atoms with Crippen LogP contribution in [0.2, 0.25) is 0 Å². The summed E-state index contributed by atoms with van der Waals surface area (Å²) in [7, 11) is 0. The van der Waals surface area contributed by atoms with Crippen LogP contribution in [0.5, 0.6) is 11.5 Å². The van der Waals surface area contributed by atoms with E-state index < -0.39 is 5.91 Å². The lowest BCUT2D eigenvalue weighted by Gasteiger charge is -2.19.